The molecule has 0 aliphatic heterocycles. The van der Waals surface area contributed by atoms with E-state index in [2.05, 4.69) is 4.72 Å². The number of carboxylic acids is 1. The zero-order valence-electron chi connectivity index (χ0n) is 11.7. The molecule has 0 aromatic rings. The SMILES string of the molecule is CC(CCNS(=O)(=O)CC(C)(C)C)CCC(=O)O. The molecule has 0 aromatic heterocycles. The molecule has 0 aliphatic carbocycles. The number of carboxylic acid groups (broad SMARTS) is 1. The molecule has 0 aliphatic rings. The molecule has 18 heavy (non-hydrogen) atoms. The Morgan fingerprint density at radius 3 is 2.28 bits per heavy atom. The molecule has 0 amide bonds. The number of hydrogen-bond acceptors (Lipinski definition) is 3. The summed E-state index contributed by atoms with van der Waals surface area (Å²) in [6.07, 6.45) is 1.38. The average Bonchev–Trinajstić information content (AvgIpc) is 2.10. The van der Waals surface area contributed by atoms with Gasteiger partial charge in [-0.25, -0.2) is 13.1 Å². The van der Waals surface area contributed by atoms with Crippen molar-refractivity contribution >= 4 is 16.0 Å². The maximum absolute atomic E-state index is 11.7. The highest BCUT2D eigenvalue weighted by molar-refractivity contribution is 7.89. The third-order valence-corrected chi connectivity index (χ3v) is 4.32. The van der Waals surface area contributed by atoms with E-state index in [0.717, 1.165) is 0 Å². The second-order valence-electron chi connectivity index (χ2n) is 6.04. The lowest BCUT2D eigenvalue weighted by molar-refractivity contribution is -0.137. The molecule has 0 spiro atoms. The Balaban J connectivity index is 3.93. The molecule has 0 bridgehead atoms. The highest BCUT2D eigenvalue weighted by atomic mass is 32.2. The van der Waals surface area contributed by atoms with Gasteiger partial charge in [-0.15, -0.1) is 0 Å². The molecule has 0 rings (SSSR count). The van der Waals surface area contributed by atoms with Gasteiger partial charge in [0, 0.05) is 13.0 Å². The lowest BCUT2D eigenvalue weighted by Crippen LogP contribution is -2.33. The Kier molecular flexibility index (Phi) is 6.84. The van der Waals surface area contributed by atoms with Gasteiger partial charge in [0.15, 0.2) is 0 Å². The summed E-state index contributed by atoms with van der Waals surface area (Å²) in [6, 6.07) is 0. The first-order valence-electron chi connectivity index (χ1n) is 6.21. The summed E-state index contributed by atoms with van der Waals surface area (Å²) in [5, 5.41) is 8.53. The van der Waals surface area contributed by atoms with Gasteiger partial charge >= 0.3 is 5.97 Å². The summed E-state index contributed by atoms with van der Waals surface area (Å²) in [7, 11) is -3.23. The minimum Gasteiger partial charge on any atom is -0.481 e. The van der Waals surface area contributed by atoms with Crippen molar-refractivity contribution in [2.24, 2.45) is 11.3 Å². The van der Waals surface area contributed by atoms with Crippen LogP contribution in [-0.2, 0) is 14.8 Å². The van der Waals surface area contributed by atoms with Crippen LogP contribution < -0.4 is 4.72 Å². The Hall–Kier alpha value is -0.620. The number of sulfonamides is 1. The molecule has 6 heteroatoms. The molecule has 0 heterocycles. The van der Waals surface area contributed by atoms with Crippen LogP contribution in [0.1, 0.15) is 47.0 Å². The van der Waals surface area contributed by atoms with Crippen molar-refractivity contribution in [3.05, 3.63) is 0 Å². The highest BCUT2D eigenvalue weighted by Gasteiger charge is 2.21. The maximum atomic E-state index is 11.7. The highest BCUT2D eigenvalue weighted by Crippen LogP contribution is 2.15. The summed E-state index contributed by atoms with van der Waals surface area (Å²) >= 11 is 0. The topological polar surface area (TPSA) is 83.5 Å². The van der Waals surface area contributed by atoms with Crippen molar-refractivity contribution in [2.45, 2.75) is 47.0 Å². The summed E-state index contributed by atoms with van der Waals surface area (Å²) in [5.74, 6) is -0.502. The summed E-state index contributed by atoms with van der Waals surface area (Å²) in [5.41, 5.74) is -0.263. The van der Waals surface area contributed by atoms with Gasteiger partial charge in [-0.05, 0) is 24.2 Å². The van der Waals surface area contributed by atoms with Gasteiger partial charge in [-0.3, -0.25) is 4.79 Å². The predicted molar refractivity (Wildman–Crippen MR) is 71.9 cm³/mol. The first kappa shape index (κ1) is 17.4. The van der Waals surface area contributed by atoms with Gasteiger partial charge in [0.25, 0.3) is 0 Å². The standard InChI is InChI=1S/C12H25NO4S/c1-10(5-6-11(14)15)7-8-13-18(16,17)9-12(2,3)4/h10,13H,5-9H2,1-4H3,(H,14,15). The van der Waals surface area contributed by atoms with Crippen LogP contribution in [0.4, 0.5) is 0 Å². The van der Waals surface area contributed by atoms with Gasteiger partial charge in [0.1, 0.15) is 0 Å². The maximum Gasteiger partial charge on any atom is 0.303 e. The van der Waals surface area contributed by atoms with E-state index in [1.807, 2.05) is 27.7 Å². The Morgan fingerprint density at radius 1 is 1.28 bits per heavy atom. The molecule has 5 nitrogen and oxygen atoms in total. The molecule has 1 atom stereocenters. The lowest BCUT2D eigenvalue weighted by atomic mass is 10.0. The predicted octanol–water partition coefficient (Wildman–Crippen LogP) is 1.84. The fraction of sp³-hybridized carbons (Fsp3) is 0.917. The van der Waals surface area contributed by atoms with Gasteiger partial charge in [0.2, 0.25) is 10.0 Å². The Morgan fingerprint density at radius 2 is 1.83 bits per heavy atom. The molecular formula is C12H25NO4S. The molecule has 0 radical (unpaired) electrons. The first-order chi connectivity index (χ1) is 8.02. The van der Waals surface area contributed by atoms with E-state index < -0.39 is 16.0 Å². The largest absolute Gasteiger partial charge is 0.481 e. The molecule has 2 N–H and O–H groups in total. The Labute approximate surface area is 110 Å². The molecular weight excluding hydrogens is 254 g/mol. The van der Waals surface area contributed by atoms with E-state index in [-0.39, 0.29) is 23.5 Å². The molecule has 0 fully saturated rings. The van der Waals surface area contributed by atoms with Gasteiger partial charge in [-0.1, -0.05) is 27.7 Å². The van der Waals surface area contributed by atoms with Crippen molar-refractivity contribution in [2.75, 3.05) is 12.3 Å². The number of carbonyl (C=O) groups is 1. The molecule has 0 aromatic carbocycles. The lowest BCUT2D eigenvalue weighted by Gasteiger charge is -2.18. The summed E-state index contributed by atoms with van der Waals surface area (Å²) < 4.78 is 25.9. The van der Waals surface area contributed by atoms with Crippen molar-refractivity contribution in [1.29, 1.82) is 0 Å². The zero-order valence-corrected chi connectivity index (χ0v) is 12.5. The van der Waals surface area contributed by atoms with Crippen molar-refractivity contribution in [3.63, 3.8) is 0 Å². The molecule has 0 saturated heterocycles. The number of aliphatic carboxylic acids is 1. The van der Waals surface area contributed by atoms with E-state index >= 15 is 0 Å². The molecule has 1 unspecified atom stereocenters. The van der Waals surface area contributed by atoms with Gasteiger partial charge in [-0.2, -0.15) is 0 Å². The zero-order chi connectivity index (χ0) is 14.4. The Bertz CT molecular complexity index is 357. The van der Waals surface area contributed by atoms with Gasteiger partial charge in [0.05, 0.1) is 5.75 Å². The quantitative estimate of drug-likeness (QED) is 0.710. The van der Waals surface area contributed by atoms with E-state index in [9.17, 15) is 13.2 Å². The van der Waals surface area contributed by atoms with Crippen LogP contribution in [-0.4, -0.2) is 31.8 Å². The second kappa shape index (κ2) is 7.09. The van der Waals surface area contributed by atoms with E-state index in [1.54, 1.807) is 0 Å². The van der Waals surface area contributed by atoms with Crippen molar-refractivity contribution in [1.82, 2.24) is 4.72 Å². The number of hydrogen-bond donors (Lipinski definition) is 2. The van der Waals surface area contributed by atoms with Crippen LogP contribution in [0.15, 0.2) is 0 Å². The van der Waals surface area contributed by atoms with Crippen LogP contribution in [0.25, 0.3) is 0 Å². The molecule has 0 saturated carbocycles. The summed E-state index contributed by atoms with van der Waals surface area (Å²) in [4.78, 5) is 10.4. The summed E-state index contributed by atoms with van der Waals surface area (Å²) in [6.45, 7) is 7.94. The van der Waals surface area contributed by atoms with Crippen LogP contribution in [0.5, 0.6) is 0 Å². The first-order valence-corrected chi connectivity index (χ1v) is 7.86. The minimum absolute atomic E-state index is 0.101. The van der Waals surface area contributed by atoms with E-state index in [4.69, 9.17) is 5.11 Å². The van der Waals surface area contributed by atoms with Gasteiger partial charge < -0.3 is 5.11 Å². The minimum atomic E-state index is -3.23. The average molecular weight is 279 g/mol. The number of rotatable bonds is 8. The molecule has 108 valence electrons. The van der Waals surface area contributed by atoms with E-state index in [1.165, 1.54) is 0 Å². The van der Waals surface area contributed by atoms with Crippen LogP contribution in [0.3, 0.4) is 0 Å². The fourth-order valence-electron chi connectivity index (χ4n) is 1.60. The normalized spacial score (nSPS) is 14.4. The van der Waals surface area contributed by atoms with Crippen LogP contribution in [0.2, 0.25) is 0 Å². The van der Waals surface area contributed by atoms with Crippen molar-refractivity contribution in [3.8, 4) is 0 Å². The second-order valence-corrected chi connectivity index (χ2v) is 7.85. The number of nitrogens with one attached hydrogen (secondary N) is 1. The monoisotopic (exact) mass is 279 g/mol. The third-order valence-electron chi connectivity index (χ3n) is 2.43. The third kappa shape index (κ3) is 10.5. The van der Waals surface area contributed by atoms with Crippen molar-refractivity contribution < 1.29 is 18.3 Å². The van der Waals surface area contributed by atoms with E-state index in [0.29, 0.717) is 19.4 Å². The van der Waals surface area contributed by atoms with Crippen LogP contribution >= 0.6 is 0 Å². The fourth-order valence-corrected chi connectivity index (χ4v) is 3.27. The van der Waals surface area contributed by atoms with Crippen LogP contribution in [0, 0.1) is 11.3 Å². The smallest absolute Gasteiger partial charge is 0.303 e.